The highest BCUT2D eigenvalue weighted by Gasteiger charge is 2.25. The first-order valence-corrected chi connectivity index (χ1v) is 8.75. The predicted octanol–water partition coefficient (Wildman–Crippen LogP) is 2.22. The van der Waals surface area contributed by atoms with E-state index in [-0.39, 0.29) is 17.9 Å². The number of sulfone groups is 1. The molecule has 112 valence electrons. The van der Waals surface area contributed by atoms with Crippen LogP contribution in [0.15, 0.2) is 29.2 Å². The van der Waals surface area contributed by atoms with Gasteiger partial charge in [-0.2, -0.15) is 0 Å². The largest absolute Gasteiger partial charge is 0.376 e. The fourth-order valence-corrected chi connectivity index (χ4v) is 3.67. The smallest absolute Gasteiger partial charge is 0.179 e. The van der Waals surface area contributed by atoms with Gasteiger partial charge in [-0.3, -0.25) is 4.90 Å². The summed E-state index contributed by atoms with van der Waals surface area (Å²) in [5.74, 6) is 0.117. The van der Waals surface area contributed by atoms with Gasteiger partial charge < -0.3 is 4.74 Å². The van der Waals surface area contributed by atoms with Gasteiger partial charge in [0.25, 0.3) is 0 Å². The summed E-state index contributed by atoms with van der Waals surface area (Å²) < 4.78 is 30.1. The van der Waals surface area contributed by atoms with E-state index in [0.29, 0.717) is 23.1 Å². The van der Waals surface area contributed by atoms with Gasteiger partial charge in [0.2, 0.25) is 0 Å². The molecule has 0 N–H and O–H groups in total. The maximum atomic E-state index is 12.3. The molecule has 0 unspecified atom stereocenters. The molecule has 1 saturated heterocycles. The van der Waals surface area contributed by atoms with Crippen molar-refractivity contribution in [1.29, 1.82) is 0 Å². The van der Waals surface area contributed by atoms with E-state index in [2.05, 4.69) is 11.8 Å². The van der Waals surface area contributed by atoms with Crippen LogP contribution in [0, 0.1) is 0 Å². The Morgan fingerprint density at radius 1 is 1.30 bits per heavy atom. The monoisotopic (exact) mass is 317 g/mol. The third kappa shape index (κ3) is 3.95. The van der Waals surface area contributed by atoms with Crippen LogP contribution >= 0.6 is 11.6 Å². The Morgan fingerprint density at radius 2 is 1.95 bits per heavy atom. The molecular formula is C14H20ClNO3S. The van der Waals surface area contributed by atoms with Crippen LogP contribution in [-0.2, 0) is 14.6 Å². The normalized spacial score (nSPS) is 24.8. The summed E-state index contributed by atoms with van der Waals surface area (Å²) in [6.45, 7) is 6.02. The Morgan fingerprint density at radius 3 is 2.60 bits per heavy atom. The maximum Gasteiger partial charge on any atom is 0.179 e. The molecule has 4 nitrogen and oxygen atoms in total. The lowest BCUT2D eigenvalue weighted by Gasteiger charge is -2.36. The van der Waals surface area contributed by atoms with Crippen molar-refractivity contribution in [3.8, 4) is 0 Å². The van der Waals surface area contributed by atoms with Gasteiger partial charge in [0.05, 0.1) is 23.4 Å². The summed E-state index contributed by atoms with van der Waals surface area (Å²) in [6, 6.07) is 6.58. The molecule has 0 aliphatic carbocycles. The van der Waals surface area contributed by atoms with Crippen LogP contribution in [0.4, 0.5) is 0 Å². The number of benzene rings is 1. The molecule has 0 radical (unpaired) electrons. The van der Waals surface area contributed by atoms with Gasteiger partial charge in [-0.15, -0.1) is 0 Å². The molecule has 0 saturated carbocycles. The zero-order chi connectivity index (χ0) is 14.8. The first-order valence-electron chi connectivity index (χ1n) is 6.72. The molecule has 6 heteroatoms. The second-order valence-corrected chi connectivity index (χ2v) is 7.81. The third-order valence-electron chi connectivity index (χ3n) is 3.56. The van der Waals surface area contributed by atoms with Crippen LogP contribution in [0.5, 0.6) is 0 Å². The molecule has 0 amide bonds. The number of nitrogens with zero attached hydrogens (tertiary/aromatic N) is 1. The minimum atomic E-state index is -3.26. The van der Waals surface area contributed by atoms with E-state index < -0.39 is 9.84 Å². The van der Waals surface area contributed by atoms with Crippen LogP contribution < -0.4 is 0 Å². The van der Waals surface area contributed by atoms with Gasteiger partial charge in [-0.05, 0) is 38.1 Å². The number of hydrogen-bond donors (Lipinski definition) is 0. The van der Waals surface area contributed by atoms with E-state index in [1.807, 2.05) is 6.92 Å². The van der Waals surface area contributed by atoms with Gasteiger partial charge in [0.15, 0.2) is 9.84 Å². The topological polar surface area (TPSA) is 46.6 Å². The Hall–Kier alpha value is -0.620. The highest BCUT2D eigenvalue weighted by molar-refractivity contribution is 7.91. The van der Waals surface area contributed by atoms with Crippen molar-refractivity contribution in [3.05, 3.63) is 29.3 Å². The molecule has 1 aliphatic rings. The lowest BCUT2D eigenvalue weighted by molar-refractivity contribution is -0.0469. The van der Waals surface area contributed by atoms with Gasteiger partial charge in [-0.1, -0.05) is 11.6 Å². The van der Waals surface area contributed by atoms with Crippen LogP contribution in [0.1, 0.15) is 13.8 Å². The third-order valence-corrected chi connectivity index (χ3v) is 5.52. The van der Waals surface area contributed by atoms with E-state index in [9.17, 15) is 8.42 Å². The molecule has 0 bridgehead atoms. The zero-order valence-electron chi connectivity index (χ0n) is 11.8. The summed E-state index contributed by atoms with van der Waals surface area (Å²) in [4.78, 5) is 2.50. The van der Waals surface area contributed by atoms with Crippen molar-refractivity contribution in [2.24, 2.45) is 0 Å². The zero-order valence-corrected chi connectivity index (χ0v) is 13.3. The minimum absolute atomic E-state index is 0.117. The quantitative estimate of drug-likeness (QED) is 0.854. The molecule has 1 fully saturated rings. The average Bonchev–Trinajstić information content (AvgIpc) is 2.40. The van der Waals surface area contributed by atoms with Crippen molar-refractivity contribution < 1.29 is 13.2 Å². The van der Waals surface area contributed by atoms with Crippen molar-refractivity contribution in [3.63, 3.8) is 0 Å². The van der Waals surface area contributed by atoms with Gasteiger partial charge >= 0.3 is 0 Å². The number of ether oxygens (including phenoxy) is 1. The highest BCUT2D eigenvalue weighted by atomic mass is 35.5. The van der Waals surface area contributed by atoms with E-state index in [1.54, 1.807) is 24.3 Å². The molecule has 20 heavy (non-hydrogen) atoms. The fourth-order valence-electron chi connectivity index (χ4n) is 2.28. The minimum Gasteiger partial charge on any atom is -0.376 e. The van der Waals surface area contributed by atoms with Crippen molar-refractivity contribution in [2.45, 2.75) is 30.9 Å². The Labute approximate surface area is 125 Å². The standard InChI is InChI=1S/C14H20ClNO3S/c1-11-10-19-12(2)9-16(11)7-8-20(17,18)14-5-3-13(15)4-6-14/h3-6,11-12H,7-10H2,1-2H3/t11-,12-/m0/s1. The van der Waals surface area contributed by atoms with E-state index in [1.165, 1.54) is 0 Å². The van der Waals surface area contributed by atoms with Crippen LogP contribution in [0.25, 0.3) is 0 Å². The van der Waals surface area contributed by atoms with E-state index >= 15 is 0 Å². The number of halogens is 1. The number of rotatable bonds is 4. The molecule has 1 aliphatic heterocycles. The van der Waals surface area contributed by atoms with Crippen molar-refractivity contribution in [2.75, 3.05) is 25.4 Å². The lowest BCUT2D eigenvalue weighted by atomic mass is 10.2. The highest BCUT2D eigenvalue weighted by Crippen LogP contribution is 2.17. The summed E-state index contributed by atoms with van der Waals surface area (Å²) in [6.07, 6.45) is 0.157. The number of morpholine rings is 1. The van der Waals surface area contributed by atoms with E-state index in [4.69, 9.17) is 16.3 Å². The van der Waals surface area contributed by atoms with Gasteiger partial charge in [-0.25, -0.2) is 8.42 Å². The van der Waals surface area contributed by atoms with Gasteiger partial charge in [0.1, 0.15) is 0 Å². The van der Waals surface area contributed by atoms with Crippen LogP contribution in [-0.4, -0.2) is 50.9 Å². The molecule has 2 atom stereocenters. The summed E-state index contributed by atoms with van der Waals surface area (Å²) >= 11 is 5.78. The van der Waals surface area contributed by atoms with E-state index in [0.717, 1.165) is 6.54 Å². The predicted molar refractivity (Wildman–Crippen MR) is 80.0 cm³/mol. The van der Waals surface area contributed by atoms with Crippen molar-refractivity contribution >= 4 is 21.4 Å². The maximum absolute atomic E-state index is 12.3. The second-order valence-electron chi connectivity index (χ2n) is 5.26. The molecule has 1 aromatic carbocycles. The number of hydrogen-bond acceptors (Lipinski definition) is 4. The first kappa shape index (κ1) is 15.8. The van der Waals surface area contributed by atoms with Crippen LogP contribution in [0.2, 0.25) is 5.02 Å². The van der Waals surface area contributed by atoms with Crippen molar-refractivity contribution in [1.82, 2.24) is 4.90 Å². The lowest BCUT2D eigenvalue weighted by Crippen LogP contribution is -2.48. The second kappa shape index (κ2) is 6.43. The Bertz CT molecular complexity index is 544. The summed E-state index contributed by atoms with van der Waals surface area (Å²) in [5, 5.41) is 0.541. The van der Waals surface area contributed by atoms with Gasteiger partial charge in [0, 0.05) is 24.2 Å². The molecule has 0 spiro atoms. The average molecular weight is 318 g/mol. The molecule has 1 aromatic rings. The Kier molecular flexibility index (Phi) is 5.07. The molecule has 2 rings (SSSR count). The summed E-state index contributed by atoms with van der Waals surface area (Å²) in [5.41, 5.74) is 0. The van der Waals surface area contributed by atoms with Crippen LogP contribution in [0.3, 0.4) is 0 Å². The Balaban J connectivity index is 2.00. The molecule has 0 aromatic heterocycles. The molecule has 1 heterocycles. The fraction of sp³-hybridized carbons (Fsp3) is 0.571. The SMILES string of the molecule is C[C@H]1CN(CCS(=O)(=O)c2ccc(Cl)cc2)[C@@H](C)CO1. The first-order chi connectivity index (χ1) is 9.38. The molecular weight excluding hydrogens is 298 g/mol. The summed E-state index contributed by atoms with van der Waals surface area (Å²) in [7, 11) is -3.26.